The van der Waals surface area contributed by atoms with Crippen LogP contribution < -0.4 is 5.73 Å². The van der Waals surface area contributed by atoms with E-state index in [4.69, 9.17) is 10.8 Å². The molecule has 0 heterocycles. The van der Waals surface area contributed by atoms with Crippen LogP contribution >= 0.6 is 0 Å². The van der Waals surface area contributed by atoms with Crippen molar-refractivity contribution >= 4 is 11.7 Å². The molecule has 0 aliphatic heterocycles. The number of carbonyl (C=O) groups is 1. The van der Waals surface area contributed by atoms with Crippen molar-refractivity contribution in [2.24, 2.45) is 5.92 Å². The van der Waals surface area contributed by atoms with Crippen LogP contribution in [0.25, 0.3) is 0 Å². The molecule has 0 fully saturated rings. The molecule has 3 nitrogen and oxygen atoms in total. The van der Waals surface area contributed by atoms with Gasteiger partial charge in [0.05, 0.1) is 0 Å². The smallest absolute Gasteiger partial charge is 0.303 e. The van der Waals surface area contributed by atoms with Crippen LogP contribution in [-0.4, -0.2) is 11.1 Å². The van der Waals surface area contributed by atoms with Gasteiger partial charge in [-0.15, -0.1) is 0 Å². The maximum absolute atomic E-state index is 10.6. The number of benzene rings is 1. The van der Waals surface area contributed by atoms with E-state index in [0.717, 1.165) is 30.5 Å². The number of rotatable bonds is 2. The molecule has 0 saturated heterocycles. The second kappa shape index (κ2) is 3.93. The van der Waals surface area contributed by atoms with Gasteiger partial charge in [0.2, 0.25) is 0 Å². The highest BCUT2D eigenvalue weighted by Gasteiger charge is 2.21. The maximum Gasteiger partial charge on any atom is 0.303 e. The van der Waals surface area contributed by atoms with Gasteiger partial charge in [0.25, 0.3) is 0 Å². The van der Waals surface area contributed by atoms with Crippen molar-refractivity contribution in [1.82, 2.24) is 0 Å². The van der Waals surface area contributed by atoms with E-state index in [-0.39, 0.29) is 12.3 Å². The number of anilines is 1. The van der Waals surface area contributed by atoms with Crippen LogP contribution in [0.3, 0.4) is 0 Å². The number of hydrogen-bond acceptors (Lipinski definition) is 2. The van der Waals surface area contributed by atoms with Crippen LogP contribution in [0, 0.1) is 5.92 Å². The molecule has 3 N–H and O–H groups in total. The van der Waals surface area contributed by atoms with Gasteiger partial charge in [-0.25, -0.2) is 0 Å². The summed E-state index contributed by atoms with van der Waals surface area (Å²) in [6.07, 6.45) is 2.99. The first kappa shape index (κ1) is 10.0. The SMILES string of the molecule is Nc1cccc2c1CC(CC(=O)O)CC2. The normalized spacial score (nSPS) is 19.6. The molecule has 0 spiro atoms. The molecular weight excluding hydrogens is 190 g/mol. The topological polar surface area (TPSA) is 63.3 Å². The van der Waals surface area contributed by atoms with Gasteiger partial charge in [0.15, 0.2) is 0 Å². The van der Waals surface area contributed by atoms with Crippen LogP contribution in [0.2, 0.25) is 0 Å². The number of carboxylic acid groups (broad SMARTS) is 1. The minimum absolute atomic E-state index is 0.250. The van der Waals surface area contributed by atoms with Crippen LogP contribution in [0.4, 0.5) is 5.69 Å². The number of nitrogens with two attached hydrogens (primary N) is 1. The Hall–Kier alpha value is -1.51. The summed E-state index contributed by atoms with van der Waals surface area (Å²) < 4.78 is 0. The lowest BCUT2D eigenvalue weighted by Crippen LogP contribution is -2.18. The summed E-state index contributed by atoms with van der Waals surface area (Å²) in [6, 6.07) is 5.94. The predicted molar refractivity (Wildman–Crippen MR) is 58.6 cm³/mol. The van der Waals surface area contributed by atoms with Crippen LogP contribution in [-0.2, 0) is 17.6 Å². The van der Waals surface area contributed by atoms with Gasteiger partial charge in [-0.3, -0.25) is 4.79 Å². The van der Waals surface area contributed by atoms with Crippen molar-refractivity contribution in [1.29, 1.82) is 0 Å². The third-order valence-corrected chi connectivity index (χ3v) is 3.09. The summed E-state index contributed by atoms with van der Waals surface area (Å²) in [7, 11) is 0. The number of fused-ring (bicyclic) bond motifs is 1. The zero-order valence-corrected chi connectivity index (χ0v) is 8.57. The lowest BCUT2D eigenvalue weighted by Gasteiger charge is -2.24. The molecule has 2 rings (SSSR count). The lowest BCUT2D eigenvalue weighted by molar-refractivity contribution is -0.138. The van der Waals surface area contributed by atoms with Gasteiger partial charge in [-0.2, -0.15) is 0 Å². The number of hydrogen-bond donors (Lipinski definition) is 2. The Balaban J connectivity index is 2.18. The Morgan fingerprint density at radius 1 is 1.53 bits per heavy atom. The molecule has 15 heavy (non-hydrogen) atoms. The highest BCUT2D eigenvalue weighted by molar-refractivity contribution is 5.67. The largest absolute Gasteiger partial charge is 0.481 e. The molecule has 0 radical (unpaired) electrons. The summed E-state index contributed by atoms with van der Waals surface area (Å²) in [4.78, 5) is 10.6. The Bertz CT molecular complexity index is 387. The highest BCUT2D eigenvalue weighted by Crippen LogP contribution is 2.30. The molecule has 80 valence electrons. The third-order valence-electron chi connectivity index (χ3n) is 3.09. The Kier molecular flexibility index (Phi) is 2.62. The first-order chi connectivity index (χ1) is 7.16. The molecular formula is C12H15NO2. The zero-order valence-electron chi connectivity index (χ0n) is 8.57. The first-order valence-electron chi connectivity index (χ1n) is 5.25. The van der Waals surface area contributed by atoms with Gasteiger partial charge < -0.3 is 10.8 Å². The lowest BCUT2D eigenvalue weighted by atomic mass is 9.81. The second-order valence-corrected chi connectivity index (χ2v) is 4.19. The molecule has 1 aromatic carbocycles. The van der Waals surface area contributed by atoms with Gasteiger partial charge in [-0.1, -0.05) is 12.1 Å². The summed E-state index contributed by atoms with van der Waals surface area (Å²) in [5.41, 5.74) is 9.15. The standard InChI is InChI=1S/C12H15NO2/c13-11-3-1-2-9-5-4-8(6-10(9)11)7-12(14)15/h1-3,8H,4-7,13H2,(H,14,15). The number of aryl methyl sites for hydroxylation is 1. The molecule has 0 aromatic heterocycles. The van der Waals surface area contributed by atoms with E-state index in [1.54, 1.807) is 0 Å². The molecule has 0 amide bonds. The average molecular weight is 205 g/mol. The van der Waals surface area contributed by atoms with Gasteiger partial charge >= 0.3 is 5.97 Å². The zero-order chi connectivity index (χ0) is 10.8. The second-order valence-electron chi connectivity index (χ2n) is 4.19. The van der Waals surface area contributed by atoms with E-state index < -0.39 is 5.97 Å². The van der Waals surface area contributed by atoms with E-state index >= 15 is 0 Å². The molecule has 0 saturated carbocycles. The van der Waals surface area contributed by atoms with Crippen molar-refractivity contribution in [3.63, 3.8) is 0 Å². The van der Waals surface area contributed by atoms with Crippen LogP contribution in [0.15, 0.2) is 18.2 Å². The van der Waals surface area contributed by atoms with E-state index in [9.17, 15) is 4.79 Å². The van der Waals surface area contributed by atoms with Crippen molar-refractivity contribution < 1.29 is 9.90 Å². The molecule has 1 aromatic rings. The van der Waals surface area contributed by atoms with E-state index in [1.165, 1.54) is 5.56 Å². The molecule has 3 heteroatoms. The molecule has 0 bridgehead atoms. The average Bonchev–Trinajstić information content (AvgIpc) is 2.18. The fourth-order valence-corrected chi connectivity index (χ4v) is 2.31. The Morgan fingerprint density at radius 2 is 2.33 bits per heavy atom. The number of carboxylic acids is 1. The van der Waals surface area contributed by atoms with Crippen molar-refractivity contribution in [2.75, 3.05) is 5.73 Å². The number of nitrogen functional groups attached to an aromatic ring is 1. The predicted octanol–water partition coefficient (Wildman–Crippen LogP) is 1.85. The summed E-state index contributed by atoms with van der Waals surface area (Å²) in [6.45, 7) is 0. The minimum Gasteiger partial charge on any atom is -0.481 e. The fraction of sp³-hybridized carbons (Fsp3) is 0.417. The highest BCUT2D eigenvalue weighted by atomic mass is 16.4. The molecule has 1 atom stereocenters. The molecule has 1 unspecified atom stereocenters. The van der Waals surface area contributed by atoms with Gasteiger partial charge in [0, 0.05) is 12.1 Å². The molecule has 1 aliphatic carbocycles. The third kappa shape index (κ3) is 2.12. The molecule has 1 aliphatic rings. The van der Waals surface area contributed by atoms with Crippen molar-refractivity contribution in [2.45, 2.75) is 25.7 Å². The monoisotopic (exact) mass is 205 g/mol. The maximum atomic E-state index is 10.6. The minimum atomic E-state index is -0.710. The van der Waals surface area contributed by atoms with Gasteiger partial charge in [0.1, 0.15) is 0 Å². The Morgan fingerprint density at radius 3 is 3.07 bits per heavy atom. The summed E-state index contributed by atoms with van der Waals surface area (Å²) in [5, 5.41) is 8.75. The van der Waals surface area contributed by atoms with Crippen LogP contribution in [0.1, 0.15) is 24.0 Å². The first-order valence-corrected chi connectivity index (χ1v) is 5.25. The Labute approximate surface area is 88.9 Å². The van der Waals surface area contributed by atoms with E-state index in [1.807, 2.05) is 12.1 Å². The van der Waals surface area contributed by atoms with Crippen molar-refractivity contribution in [3.05, 3.63) is 29.3 Å². The quantitative estimate of drug-likeness (QED) is 0.724. The summed E-state index contributed by atoms with van der Waals surface area (Å²) in [5.74, 6) is -0.461. The van der Waals surface area contributed by atoms with Gasteiger partial charge in [-0.05, 0) is 42.4 Å². The summed E-state index contributed by atoms with van der Waals surface area (Å²) >= 11 is 0. The van der Waals surface area contributed by atoms with Crippen LogP contribution in [0.5, 0.6) is 0 Å². The van der Waals surface area contributed by atoms with Crippen molar-refractivity contribution in [3.8, 4) is 0 Å². The van der Waals surface area contributed by atoms with E-state index in [2.05, 4.69) is 6.07 Å². The number of aliphatic carboxylic acids is 1. The fourth-order valence-electron chi connectivity index (χ4n) is 2.31. The van der Waals surface area contributed by atoms with E-state index in [0.29, 0.717) is 0 Å².